The molecule has 1 fully saturated rings. The van der Waals surface area contributed by atoms with Crippen molar-refractivity contribution in [2.75, 3.05) is 20.7 Å². The predicted octanol–water partition coefficient (Wildman–Crippen LogP) is 0.464. The quantitative estimate of drug-likeness (QED) is 0.371. The maximum Gasteiger partial charge on any atom is 0.357 e. The zero-order valence-corrected chi connectivity index (χ0v) is 21.4. The first-order valence-electron chi connectivity index (χ1n) is 12.2. The van der Waals surface area contributed by atoms with Gasteiger partial charge < -0.3 is 38.8 Å². The van der Waals surface area contributed by atoms with Crippen LogP contribution >= 0.6 is 0 Å². The summed E-state index contributed by atoms with van der Waals surface area (Å²) in [5.41, 5.74) is -0.404. The summed E-state index contributed by atoms with van der Waals surface area (Å²) >= 11 is 0. The molecule has 204 valence electrons. The fourth-order valence-electron chi connectivity index (χ4n) is 6.59. The number of carboxylic acid groups (broad SMARTS) is 1. The van der Waals surface area contributed by atoms with Crippen LogP contribution in [-0.4, -0.2) is 89.6 Å². The molecule has 0 radical (unpaired) electrons. The van der Waals surface area contributed by atoms with Crippen molar-refractivity contribution in [2.24, 2.45) is 0 Å². The Morgan fingerprint density at radius 1 is 1.13 bits per heavy atom. The topological polar surface area (TPSA) is 158 Å². The lowest BCUT2D eigenvalue weighted by Gasteiger charge is -2.61. The molecule has 2 N–H and O–H groups in total. The van der Waals surface area contributed by atoms with E-state index in [1.54, 1.807) is 12.1 Å². The molecular formula is C26H29NO11. The van der Waals surface area contributed by atoms with Crippen molar-refractivity contribution in [1.29, 1.82) is 0 Å². The predicted molar refractivity (Wildman–Crippen MR) is 126 cm³/mol. The molecule has 2 aliphatic carbocycles. The molecule has 12 heteroatoms. The minimum atomic E-state index is -2.13. The molecule has 4 aliphatic rings. The number of carbonyl (C=O) groups is 4. The number of aliphatic carboxylic acids is 1. The van der Waals surface area contributed by atoms with Gasteiger partial charge in [0.05, 0.1) is 18.1 Å². The third kappa shape index (κ3) is 3.57. The van der Waals surface area contributed by atoms with Gasteiger partial charge in [0.25, 0.3) is 0 Å². The van der Waals surface area contributed by atoms with E-state index in [1.165, 1.54) is 7.11 Å². The number of likely N-dealkylation sites (tertiary alicyclic amines) is 1. The van der Waals surface area contributed by atoms with E-state index in [1.807, 2.05) is 13.1 Å². The molecule has 0 saturated carbocycles. The van der Waals surface area contributed by atoms with Crippen LogP contribution in [-0.2, 0) is 45.2 Å². The highest BCUT2D eigenvalue weighted by atomic mass is 16.6. The molecule has 1 spiro atoms. The lowest BCUT2D eigenvalue weighted by molar-refractivity contribution is -0.190. The van der Waals surface area contributed by atoms with Gasteiger partial charge in [-0.2, -0.15) is 0 Å². The summed E-state index contributed by atoms with van der Waals surface area (Å²) in [6.07, 6.45) is -2.38. The molecule has 1 aromatic carbocycles. The molecule has 0 unspecified atom stereocenters. The second-order valence-electron chi connectivity index (χ2n) is 10.1. The molecule has 2 aliphatic heterocycles. The lowest BCUT2D eigenvalue weighted by Crippen LogP contribution is -2.74. The summed E-state index contributed by atoms with van der Waals surface area (Å²) in [7, 11) is 3.47. The normalized spacial score (nSPS) is 30.1. The van der Waals surface area contributed by atoms with Crippen LogP contribution in [0.1, 0.15) is 37.8 Å². The first kappa shape index (κ1) is 26.0. The van der Waals surface area contributed by atoms with Crippen LogP contribution in [0.25, 0.3) is 0 Å². The third-order valence-corrected chi connectivity index (χ3v) is 8.11. The molecule has 5 rings (SSSR count). The summed E-state index contributed by atoms with van der Waals surface area (Å²) in [5.74, 6) is -3.94. The Morgan fingerprint density at radius 3 is 2.45 bits per heavy atom. The third-order valence-electron chi connectivity index (χ3n) is 8.11. The largest absolute Gasteiger partial charge is 0.493 e. The van der Waals surface area contributed by atoms with Crippen molar-refractivity contribution in [1.82, 2.24) is 4.90 Å². The van der Waals surface area contributed by atoms with Gasteiger partial charge in [-0.15, -0.1) is 0 Å². The van der Waals surface area contributed by atoms with Crippen LogP contribution in [0, 0.1) is 0 Å². The average Bonchev–Trinajstić information content (AvgIpc) is 3.20. The van der Waals surface area contributed by atoms with Gasteiger partial charge in [0.1, 0.15) is 5.76 Å². The maximum atomic E-state index is 13.3. The molecule has 2 bridgehead atoms. The van der Waals surface area contributed by atoms with Gasteiger partial charge in [-0.05, 0) is 44.1 Å². The minimum Gasteiger partial charge on any atom is -0.493 e. The van der Waals surface area contributed by atoms with Crippen LogP contribution in [0.15, 0.2) is 24.0 Å². The fourth-order valence-corrected chi connectivity index (χ4v) is 6.59. The summed E-state index contributed by atoms with van der Waals surface area (Å²) < 4.78 is 27.3. The number of nitrogens with zero attached hydrogens (tertiary/aromatic N) is 1. The SMILES string of the molecule is COc1ccc2c3c1O[C@H]1C(OC(=O)[C@@H](OC(C)=O)[C@H](OC(C)=O)C(=O)O)=CC[C@@]4(O)[C@H](C2)N(C)CC[C@]314. The Hall–Kier alpha value is -3.64. The number of rotatable bonds is 7. The number of esters is 3. The van der Waals surface area contributed by atoms with E-state index >= 15 is 0 Å². The Balaban J connectivity index is 1.56. The number of hydrogen-bond donors (Lipinski definition) is 2. The Bertz CT molecular complexity index is 1260. The number of benzene rings is 1. The summed E-state index contributed by atoms with van der Waals surface area (Å²) in [6.45, 7) is 2.59. The van der Waals surface area contributed by atoms with Crippen LogP contribution < -0.4 is 9.47 Å². The summed E-state index contributed by atoms with van der Waals surface area (Å²) in [5, 5.41) is 21.8. The van der Waals surface area contributed by atoms with Crippen molar-refractivity contribution in [3.8, 4) is 11.5 Å². The number of methoxy groups -OCH3 is 1. The van der Waals surface area contributed by atoms with Gasteiger partial charge >= 0.3 is 23.9 Å². The molecule has 0 aromatic heterocycles. The van der Waals surface area contributed by atoms with Gasteiger partial charge in [-0.1, -0.05) is 6.07 Å². The van der Waals surface area contributed by atoms with Crippen LogP contribution in [0.4, 0.5) is 0 Å². The number of ether oxygens (including phenoxy) is 5. The monoisotopic (exact) mass is 531 g/mol. The standard InChI is InChI=1S/C26H29NO11/c1-12(28)35-20(23(30)31)21(36-13(2)29)24(32)37-16-7-8-26(33)17-11-14-5-6-15(34-4)19-18(14)25(26,22(16)38-19)9-10-27(17)3/h5-7,17,20-22,33H,8-11H2,1-4H3,(H,30,31)/t17-,20-,21-,22-,25-,26+/m0/s1. The van der Waals surface area contributed by atoms with Gasteiger partial charge in [-0.25, -0.2) is 9.59 Å². The van der Waals surface area contributed by atoms with Crippen molar-refractivity contribution in [3.63, 3.8) is 0 Å². The minimum absolute atomic E-state index is 0.0400. The van der Waals surface area contributed by atoms with Gasteiger partial charge in [-0.3, -0.25) is 9.59 Å². The van der Waals surface area contributed by atoms with Gasteiger partial charge in [0.15, 0.2) is 17.6 Å². The molecule has 0 amide bonds. The summed E-state index contributed by atoms with van der Waals surface area (Å²) in [4.78, 5) is 50.4. The Labute approximate surface area is 218 Å². The van der Waals surface area contributed by atoms with E-state index < -0.39 is 53.2 Å². The van der Waals surface area contributed by atoms with Crippen molar-refractivity contribution in [2.45, 2.75) is 68.5 Å². The van der Waals surface area contributed by atoms with Crippen LogP contribution in [0.5, 0.6) is 11.5 Å². The molecule has 2 heterocycles. The van der Waals surface area contributed by atoms with Crippen molar-refractivity contribution >= 4 is 23.9 Å². The molecular weight excluding hydrogens is 502 g/mol. The zero-order chi connectivity index (χ0) is 27.6. The Kier molecular flexibility index (Phi) is 6.14. The highest BCUT2D eigenvalue weighted by Gasteiger charge is 2.72. The van der Waals surface area contributed by atoms with Gasteiger partial charge in [0.2, 0.25) is 12.2 Å². The Morgan fingerprint density at radius 2 is 1.82 bits per heavy atom. The van der Waals surface area contributed by atoms with E-state index in [2.05, 4.69) is 4.90 Å². The highest BCUT2D eigenvalue weighted by molar-refractivity contribution is 5.88. The van der Waals surface area contributed by atoms with E-state index in [-0.39, 0.29) is 18.2 Å². The van der Waals surface area contributed by atoms with Crippen molar-refractivity contribution in [3.05, 3.63) is 35.1 Å². The number of piperidine rings is 1. The molecule has 1 saturated heterocycles. The van der Waals surface area contributed by atoms with Crippen LogP contribution in [0.3, 0.4) is 0 Å². The maximum absolute atomic E-state index is 13.3. The molecule has 1 aromatic rings. The zero-order valence-electron chi connectivity index (χ0n) is 21.4. The van der Waals surface area contributed by atoms with E-state index in [0.717, 1.165) is 25.0 Å². The number of likely N-dealkylation sites (N-methyl/N-ethyl adjacent to an activating group) is 1. The lowest BCUT2D eigenvalue weighted by atomic mass is 9.50. The first-order valence-corrected chi connectivity index (χ1v) is 12.2. The van der Waals surface area contributed by atoms with E-state index in [9.17, 15) is 29.4 Å². The number of carboxylic acids is 1. The van der Waals surface area contributed by atoms with E-state index in [4.69, 9.17) is 23.7 Å². The number of hydrogen-bond acceptors (Lipinski definition) is 11. The average molecular weight is 532 g/mol. The molecule has 38 heavy (non-hydrogen) atoms. The molecule has 6 atom stereocenters. The van der Waals surface area contributed by atoms with Gasteiger partial charge in [0, 0.05) is 31.9 Å². The van der Waals surface area contributed by atoms with Crippen molar-refractivity contribution < 1.29 is 53.1 Å². The number of aliphatic hydroxyl groups is 1. The second-order valence-corrected chi connectivity index (χ2v) is 10.1. The van der Waals surface area contributed by atoms with E-state index in [0.29, 0.717) is 30.9 Å². The van der Waals surface area contributed by atoms with Crippen LogP contribution in [0.2, 0.25) is 0 Å². The smallest absolute Gasteiger partial charge is 0.357 e. The second kappa shape index (κ2) is 8.98. The summed E-state index contributed by atoms with van der Waals surface area (Å²) in [6, 6.07) is 3.52. The molecule has 12 nitrogen and oxygen atoms in total. The fraction of sp³-hybridized carbons (Fsp3) is 0.538. The number of carbonyl (C=O) groups excluding carboxylic acids is 3. The highest BCUT2D eigenvalue weighted by Crippen LogP contribution is 2.65. The first-order chi connectivity index (χ1) is 17.9.